The quantitative estimate of drug-likeness (QED) is 0.872. The maximum absolute atomic E-state index is 11.4. The molecule has 0 bridgehead atoms. The number of carbonyl (C=O) groups is 1. The van der Waals surface area contributed by atoms with Gasteiger partial charge in [-0.15, -0.1) is 0 Å². The Morgan fingerprint density at radius 2 is 1.86 bits per heavy atom. The van der Waals surface area contributed by atoms with Gasteiger partial charge < -0.3 is 15.4 Å². The maximum Gasteiger partial charge on any atom is 0.250 e. The molecule has 2 rings (SSSR count). The lowest BCUT2D eigenvalue weighted by Gasteiger charge is -2.34. The van der Waals surface area contributed by atoms with Crippen LogP contribution in [0.15, 0.2) is 24.3 Å². The minimum atomic E-state index is -0.132. The lowest BCUT2D eigenvalue weighted by atomic mass is 9.80. The number of benzene rings is 1. The van der Waals surface area contributed by atoms with Gasteiger partial charge >= 0.3 is 0 Å². The summed E-state index contributed by atoms with van der Waals surface area (Å²) in [7, 11) is 1.51. The van der Waals surface area contributed by atoms with Gasteiger partial charge in [-0.25, -0.2) is 0 Å². The van der Waals surface area contributed by atoms with Gasteiger partial charge in [0.1, 0.15) is 6.61 Å². The third-order valence-corrected chi connectivity index (χ3v) is 4.25. The normalized spacial score (nSPS) is 25.4. The molecule has 116 valence electrons. The summed E-state index contributed by atoms with van der Waals surface area (Å²) in [5, 5.41) is 6.43. The van der Waals surface area contributed by atoms with Gasteiger partial charge in [0.05, 0.1) is 0 Å². The Bertz CT molecular complexity index is 458. The van der Waals surface area contributed by atoms with E-state index in [-0.39, 0.29) is 12.5 Å². The molecule has 0 aromatic heterocycles. The van der Waals surface area contributed by atoms with E-state index >= 15 is 0 Å². The van der Waals surface area contributed by atoms with Crippen molar-refractivity contribution >= 4 is 17.3 Å². The van der Waals surface area contributed by atoms with Gasteiger partial charge in [-0.05, 0) is 48.9 Å². The van der Waals surface area contributed by atoms with Crippen LogP contribution in [0, 0.1) is 11.8 Å². The smallest absolute Gasteiger partial charge is 0.250 e. The van der Waals surface area contributed by atoms with Crippen LogP contribution in [-0.2, 0) is 9.53 Å². The van der Waals surface area contributed by atoms with Crippen LogP contribution in [0.2, 0.25) is 0 Å². The topological polar surface area (TPSA) is 50.4 Å². The van der Waals surface area contributed by atoms with E-state index in [1.165, 1.54) is 26.4 Å². The van der Waals surface area contributed by atoms with Crippen molar-refractivity contribution in [2.75, 3.05) is 24.4 Å². The van der Waals surface area contributed by atoms with E-state index in [1.807, 2.05) is 24.3 Å². The molecule has 4 heteroatoms. The summed E-state index contributed by atoms with van der Waals surface area (Å²) in [6.07, 6.45) is 3.86. The van der Waals surface area contributed by atoms with Crippen molar-refractivity contribution in [3.8, 4) is 0 Å². The number of ether oxygens (including phenoxy) is 1. The van der Waals surface area contributed by atoms with Gasteiger partial charge in [0, 0.05) is 24.5 Å². The summed E-state index contributed by atoms with van der Waals surface area (Å²) in [4.78, 5) is 11.4. The van der Waals surface area contributed by atoms with Crippen LogP contribution in [0.5, 0.6) is 0 Å². The maximum atomic E-state index is 11.4. The van der Waals surface area contributed by atoms with Crippen molar-refractivity contribution in [2.45, 2.75) is 39.2 Å². The Balaban J connectivity index is 1.91. The van der Waals surface area contributed by atoms with E-state index in [9.17, 15) is 4.79 Å². The fraction of sp³-hybridized carbons (Fsp3) is 0.588. The fourth-order valence-corrected chi connectivity index (χ4v) is 2.93. The predicted molar refractivity (Wildman–Crippen MR) is 86.5 cm³/mol. The molecule has 3 unspecified atom stereocenters. The molecule has 1 aromatic rings. The van der Waals surface area contributed by atoms with E-state index < -0.39 is 0 Å². The van der Waals surface area contributed by atoms with Gasteiger partial charge in [-0.2, -0.15) is 0 Å². The SMILES string of the molecule is COCC(=O)Nc1ccc(NC2CC(C)CCC2C)cc1. The zero-order chi connectivity index (χ0) is 15.2. The molecule has 1 aliphatic rings. The molecule has 0 radical (unpaired) electrons. The number of hydrogen-bond donors (Lipinski definition) is 2. The number of methoxy groups -OCH3 is 1. The zero-order valence-electron chi connectivity index (χ0n) is 13.2. The summed E-state index contributed by atoms with van der Waals surface area (Å²) < 4.78 is 4.80. The first kappa shape index (κ1) is 15.8. The molecular formula is C17H26N2O2. The van der Waals surface area contributed by atoms with Crippen molar-refractivity contribution in [3.05, 3.63) is 24.3 Å². The van der Waals surface area contributed by atoms with Crippen molar-refractivity contribution in [3.63, 3.8) is 0 Å². The highest BCUT2D eigenvalue weighted by Crippen LogP contribution is 2.30. The molecule has 21 heavy (non-hydrogen) atoms. The molecule has 3 atom stereocenters. The number of hydrogen-bond acceptors (Lipinski definition) is 3. The van der Waals surface area contributed by atoms with Crippen LogP contribution in [0.4, 0.5) is 11.4 Å². The van der Waals surface area contributed by atoms with E-state index in [0.717, 1.165) is 17.3 Å². The highest BCUT2D eigenvalue weighted by atomic mass is 16.5. The van der Waals surface area contributed by atoms with E-state index in [0.29, 0.717) is 12.0 Å². The molecule has 1 aromatic carbocycles. The standard InChI is InChI=1S/C17H26N2O2/c1-12-4-5-13(2)16(10-12)18-14-6-8-15(9-7-14)19-17(20)11-21-3/h6-9,12-13,16,18H,4-5,10-11H2,1-3H3,(H,19,20). The molecule has 1 amide bonds. The van der Waals surface area contributed by atoms with Crippen molar-refractivity contribution < 1.29 is 9.53 Å². The van der Waals surface area contributed by atoms with Gasteiger partial charge in [0.2, 0.25) is 5.91 Å². The zero-order valence-corrected chi connectivity index (χ0v) is 13.2. The van der Waals surface area contributed by atoms with Crippen molar-refractivity contribution in [1.29, 1.82) is 0 Å². The molecule has 0 saturated heterocycles. The molecule has 1 aliphatic carbocycles. The molecule has 2 N–H and O–H groups in total. The average molecular weight is 290 g/mol. The minimum Gasteiger partial charge on any atom is -0.382 e. The number of nitrogens with one attached hydrogen (secondary N) is 2. The summed E-state index contributed by atoms with van der Waals surface area (Å²) >= 11 is 0. The van der Waals surface area contributed by atoms with Crippen LogP contribution in [0.3, 0.4) is 0 Å². The second kappa shape index (κ2) is 7.46. The molecule has 1 fully saturated rings. The summed E-state index contributed by atoms with van der Waals surface area (Å²) in [5.41, 5.74) is 1.92. The number of anilines is 2. The molecular weight excluding hydrogens is 264 g/mol. The van der Waals surface area contributed by atoms with E-state index in [1.54, 1.807) is 0 Å². The van der Waals surface area contributed by atoms with Gasteiger partial charge in [-0.1, -0.05) is 20.3 Å². The monoisotopic (exact) mass is 290 g/mol. The van der Waals surface area contributed by atoms with Crippen molar-refractivity contribution in [1.82, 2.24) is 0 Å². The Morgan fingerprint density at radius 1 is 1.19 bits per heavy atom. The first-order valence-electron chi connectivity index (χ1n) is 7.74. The van der Waals surface area contributed by atoms with Gasteiger partial charge in [-0.3, -0.25) is 4.79 Å². The first-order chi connectivity index (χ1) is 10.1. The second-order valence-corrected chi connectivity index (χ2v) is 6.20. The Morgan fingerprint density at radius 3 is 2.52 bits per heavy atom. The number of rotatable bonds is 5. The van der Waals surface area contributed by atoms with Crippen LogP contribution in [0.25, 0.3) is 0 Å². The third kappa shape index (κ3) is 4.74. The Labute approximate surface area is 127 Å². The third-order valence-electron chi connectivity index (χ3n) is 4.25. The largest absolute Gasteiger partial charge is 0.382 e. The molecule has 0 spiro atoms. The van der Waals surface area contributed by atoms with E-state index in [2.05, 4.69) is 24.5 Å². The highest BCUT2D eigenvalue weighted by Gasteiger charge is 2.25. The molecule has 0 heterocycles. The summed E-state index contributed by atoms with van der Waals surface area (Å²) in [5.74, 6) is 1.38. The lowest BCUT2D eigenvalue weighted by Crippen LogP contribution is -2.33. The second-order valence-electron chi connectivity index (χ2n) is 6.20. The summed E-state index contributed by atoms with van der Waals surface area (Å²) in [6, 6.07) is 8.44. The van der Waals surface area contributed by atoms with E-state index in [4.69, 9.17) is 4.74 Å². The van der Waals surface area contributed by atoms with Crippen molar-refractivity contribution in [2.24, 2.45) is 11.8 Å². The van der Waals surface area contributed by atoms with Crippen LogP contribution in [0.1, 0.15) is 33.1 Å². The highest BCUT2D eigenvalue weighted by molar-refractivity contribution is 5.91. The van der Waals surface area contributed by atoms with Crippen LogP contribution < -0.4 is 10.6 Å². The number of amides is 1. The number of carbonyl (C=O) groups excluding carboxylic acids is 1. The van der Waals surface area contributed by atoms with Gasteiger partial charge in [0.15, 0.2) is 0 Å². The molecule has 1 saturated carbocycles. The van der Waals surface area contributed by atoms with Crippen LogP contribution in [-0.4, -0.2) is 25.7 Å². The first-order valence-corrected chi connectivity index (χ1v) is 7.74. The van der Waals surface area contributed by atoms with Crippen LogP contribution >= 0.6 is 0 Å². The summed E-state index contributed by atoms with van der Waals surface area (Å²) in [6.45, 7) is 4.73. The minimum absolute atomic E-state index is 0.0808. The Kier molecular flexibility index (Phi) is 5.62. The predicted octanol–water partition coefficient (Wildman–Crippen LogP) is 3.51. The fourth-order valence-electron chi connectivity index (χ4n) is 2.93. The Hall–Kier alpha value is -1.55. The molecule has 4 nitrogen and oxygen atoms in total. The lowest BCUT2D eigenvalue weighted by molar-refractivity contribution is -0.119. The van der Waals surface area contributed by atoms with Gasteiger partial charge in [0.25, 0.3) is 0 Å². The molecule has 0 aliphatic heterocycles. The average Bonchev–Trinajstić information content (AvgIpc) is 2.45.